The van der Waals surface area contributed by atoms with Crippen LogP contribution < -0.4 is 0 Å². The molecule has 0 spiro atoms. The van der Waals surface area contributed by atoms with Gasteiger partial charge in [-0.3, -0.25) is 9.59 Å². The topological polar surface area (TPSA) is 54.4 Å². The summed E-state index contributed by atoms with van der Waals surface area (Å²) in [5.74, 6) is -0.927. The van der Waals surface area contributed by atoms with Crippen LogP contribution in [0.3, 0.4) is 0 Å². The average Bonchev–Trinajstić information content (AvgIpc) is 2.37. The summed E-state index contributed by atoms with van der Waals surface area (Å²) in [7, 11) is 0. The van der Waals surface area contributed by atoms with E-state index in [1.807, 2.05) is 12.1 Å². The summed E-state index contributed by atoms with van der Waals surface area (Å²) in [4.78, 5) is 22.5. The van der Waals surface area contributed by atoms with Crippen molar-refractivity contribution in [3.8, 4) is 0 Å². The number of carboxylic acids is 1. The van der Waals surface area contributed by atoms with Crippen LogP contribution in [0, 0.1) is 0 Å². The maximum atomic E-state index is 12.1. The molecule has 0 saturated heterocycles. The van der Waals surface area contributed by atoms with Gasteiger partial charge in [0, 0.05) is 18.4 Å². The van der Waals surface area contributed by atoms with Crippen molar-refractivity contribution in [2.45, 2.75) is 44.9 Å². The van der Waals surface area contributed by atoms with Crippen molar-refractivity contribution in [3.05, 3.63) is 33.8 Å². The van der Waals surface area contributed by atoms with Crippen LogP contribution in [-0.2, 0) is 17.6 Å². The summed E-state index contributed by atoms with van der Waals surface area (Å²) in [5, 5.41) is 9.07. The Bertz CT molecular complexity index is 508. The van der Waals surface area contributed by atoms with E-state index in [2.05, 4.69) is 0 Å². The van der Waals surface area contributed by atoms with Gasteiger partial charge in [-0.1, -0.05) is 11.6 Å². The summed E-state index contributed by atoms with van der Waals surface area (Å²) in [6, 6.07) is 3.81. The molecule has 2 rings (SSSR count). The molecule has 102 valence electrons. The van der Waals surface area contributed by atoms with E-state index >= 15 is 0 Å². The molecule has 0 radical (unpaired) electrons. The first-order valence-corrected chi connectivity index (χ1v) is 7.02. The molecule has 0 amide bonds. The summed E-state index contributed by atoms with van der Waals surface area (Å²) >= 11 is 6.16. The van der Waals surface area contributed by atoms with Gasteiger partial charge in [0.05, 0.1) is 5.02 Å². The lowest BCUT2D eigenvalue weighted by Gasteiger charge is -2.17. The molecule has 3 nitrogen and oxygen atoms in total. The second kappa shape index (κ2) is 6.20. The van der Waals surface area contributed by atoms with Gasteiger partial charge in [0.2, 0.25) is 0 Å². The predicted octanol–water partition coefficient (Wildman–Crippen LogP) is 3.66. The monoisotopic (exact) mass is 280 g/mol. The second-order valence-corrected chi connectivity index (χ2v) is 5.39. The minimum Gasteiger partial charge on any atom is -0.481 e. The molecule has 1 aliphatic carbocycles. The molecule has 0 bridgehead atoms. The molecule has 0 saturated carbocycles. The quantitative estimate of drug-likeness (QED) is 0.838. The Morgan fingerprint density at radius 2 is 1.74 bits per heavy atom. The Morgan fingerprint density at radius 3 is 2.37 bits per heavy atom. The number of hydrogen-bond acceptors (Lipinski definition) is 2. The third-order valence-corrected chi connectivity index (χ3v) is 3.84. The Kier molecular flexibility index (Phi) is 4.59. The Balaban J connectivity index is 2.11. The van der Waals surface area contributed by atoms with Gasteiger partial charge < -0.3 is 5.11 Å². The van der Waals surface area contributed by atoms with Crippen LogP contribution in [0.25, 0.3) is 0 Å². The van der Waals surface area contributed by atoms with E-state index in [0.29, 0.717) is 17.0 Å². The highest BCUT2D eigenvalue weighted by Gasteiger charge is 2.16. The number of hydrogen-bond donors (Lipinski definition) is 1. The van der Waals surface area contributed by atoms with Gasteiger partial charge in [0.25, 0.3) is 0 Å². The fraction of sp³-hybridized carbons (Fsp3) is 0.467. The average molecular weight is 281 g/mol. The first-order chi connectivity index (χ1) is 9.08. The van der Waals surface area contributed by atoms with Gasteiger partial charge in [-0.2, -0.15) is 0 Å². The van der Waals surface area contributed by atoms with Crippen molar-refractivity contribution in [3.63, 3.8) is 0 Å². The SMILES string of the molecule is O=C(O)CCCC(=O)c1cc2c(cc1Cl)CCCC2. The normalized spacial score (nSPS) is 13.9. The first kappa shape index (κ1) is 14.1. The molecular formula is C15H17ClO3. The number of Topliss-reactive ketones (excluding diaryl/α,β-unsaturated/α-hetero) is 1. The number of benzene rings is 1. The standard InChI is InChI=1S/C15H17ClO3/c16-13-9-11-5-2-1-4-10(11)8-12(13)14(17)6-3-7-15(18)19/h8-9H,1-7H2,(H,18,19). The number of fused-ring (bicyclic) bond motifs is 1. The highest BCUT2D eigenvalue weighted by atomic mass is 35.5. The second-order valence-electron chi connectivity index (χ2n) is 4.98. The van der Waals surface area contributed by atoms with Gasteiger partial charge in [0.1, 0.15) is 0 Å². The maximum absolute atomic E-state index is 12.1. The van der Waals surface area contributed by atoms with Crippen molar-refractivity contribution < 1.29 is 14.7 Å². The zero-order valence-corrected chi connectivity index (χ0v) is 11.5. The lowest BCUT2D eigenvalue weighted by atomic mass is 9.89. The number of rotatable bonds is 5. The largest absolute Gasteiger partial charge is 0.481 e. The van der Waals surface area contributed by atoms with Crippen molar-refractivity contribution in [2.75, 3.05) is 0 Å². The number of carbonyl (C=O) groups is 2. The number of ketones is 1. The lowest BCUT2D eigenvalue weighted by molar-refractivity contribution is -0.137. The van der Waals surface area contributed by atoms with Crippen LogP contribution in [0.2, 0.25) is 5.02 Å². The van der Waals surface area contributed by atoms with E-state index in [0.717, 1.165) is 19.3 Å². The molecule has 0 aromatic heterocycles. The number of aryl methyl sites for hydroxylation is 2. The van der Waals surface area contributed by atoms with Gasteiger partial charge in [-0.05, 0) is 55.4 Å². The van der Waals surface area contributed by atoms with E-state index in [-0.39, 0.29) is 18.6 Å². The van der Waals surface area contributed by atoms with Crippen LogP contribution in [0.15, 0.2) is 12.1 Å². The molecule has 0 heterocycles. The van der Waals surface area contributed by atoms with Crippen LogP contribution in [0.1, 0.15) is 53.6 Å². The molecular weight excluding hydrogens is 264 g/mol. The Labute approximate surface area is 117 Å². The third-order valence-electron chi connectivity index (χ3n) is 3.53. The number of carboxylic acid groups (broad SMARTS) is 1. The number of aliphatic carboxylic acids is 1. The summed E-state index contributed by atoms with van der Waals surface area (Å²) in [6.07, 6.45) is 4.99. The lowest BCUT2D eigenvalue weighted by Crippen LogP contribution is -2.08. The van der Waals surface area contributed by atoms with Crippen molar-refractivity contribution in [1.82, 2.24) is 0 Å². The summed E-state index contributed by atoms with van der Waals surface area (Å²) in [5.41, 5.74) is 3.02. The minimum absolute atomic E-state index is 0.0221. The van der Waals surface area contributed by atoms with E-state index < -0.39 is 5.97 Å². The molecule has 1 aromatic rings. The van der Waals surface area contributed by atoms with E-state index in [4.69, 9.17) is 16.7 Å². The van der Waals surface area contributed by atoms with Gasteiger partial charge in [-0.25, -0.2) is 0 Å². The Hall–Kier alpha value is -1.35. The summed E-state index contributed by atoms with van der Waals surface area (Å²) in [6.45, 7) is 0. The molecule has 4 heteroatoms. The molecule has 1 N–H and O–H groups in total. The van der Waals surface area contributed by atoms with Gasteiger partial charge in [0.15, 0.2) is 5.78 Å². The molecule has 0 atom stereocenters. The first-order valence-electron chi connectivity index (χ1n) is 6.64. The van der Waals surface area contributed by atoms with Gasteiger partial charge in [-0.15, -0.1) is 0 Å². The molecule has 1 aliphatic rings. The van der Waals surface area contributed by atoms with Crippen molar-refractivity contribution in [2.24, 2.45) is 0 Å². The van der Waals surface area contributed by atoms with Crippen LogP contribution in [0.5, 0.6) is 0 Å². The van der Waals surface area contributed by atoms with Crippen LogP contribution >= 0.6 is 11.6 Å². The summed E-state index contributed by atoms with van der Waals surface area (Å²) < 4.78 is 0. The molecule has 1 aromatic carbocycles. The molecule has 19 heavy (non-hydrogen) atoms. The van der Waals surface area contributed by atoms with Crippen molar-refractivity contribution >= 4 is 23.4 Å². The Morgan fingerprint density at radius 1 is 1.11 bits per heavy atom. The van der Waals surface area contributed by atoms with Crippen LogP contribution in [-0.4, -0.2) is 16.9 Å². The minimum atomic E-state index is -0.871. The number of halogens is 1. The van der Waals surface area contributed by atoms with E-state index in [1.165, 1.54) is 17.5 Å². The fourth-order valence-corrected chi connectivity index (χ4v) is 2.80. The zero-order chi connectivity index (χ0) is 13.8. The van der Waals surface area contributed by atoms with E-state index in [1.54, 1.807) is 0 Å². The van der Waals surface area contributed by atoms with Gasteiger partial charge >= 0.3 is 5.97 Å². The maximum Gasteiger partial charge on any atom is 0.303 e. The highest BCUT2D eigenvalue weighted by Crippen LogP contribution is 2.28. The number of carbonyl (C=O) groups excluding carboxylic acids is 1. The van der Waals surface area contributed by atoms with E-state index in [9.17, 15) is 9.59 Å². The molecule has 0 unspecified atom stereocenters. The predicted molar refractivity (Wildman–Crippen MR) is 73.9 cm³/mol. The molecule has 0 fully saturated rings. The van der Waals surface area contributed by atoms with Crippen molar-refractivity contribution in [1.29, 1.82) is 0 Å². The smallest absolute Gasteiger partial charge is 0.303 e. The molecule has 0 aliphatic heterocycles. The zero-order valence-electron chi connectivity index (χ0n) is 10.7. The fourth-order valence-electron chi connectivity index (χ4n) is 2.50. The third kappa shape index (κ3) is 3.57. The highest BCUT2D eigenvalue weighted by molar-refractivity contribution is 6.34. The van der Waals surface area contributed by atoms with Crippen LogP contribution in [0.4, 0.5) is 0 Å².